The van der Waals surface area contributed by atoms with Gasteiger partial charge in [-0.25, -0.2) is 4.39 Å². The second-order valence-corrected chi connectivity index (χ2v) is 7.48. The van der Waals surface area contributed by atoms with Gasteiger partial charge in [0.25, 0.3) is 0 Å². The van der Waals surface area contributed by atoms with Crippen LogP contribution in [0.1, 0.15) is 24.2 Å². The van der Waals surface area contributed by atoms with Gasteiger partial charge in [-0.05, 0) is 43.2 Å². The molecule has 1 amide bonds. The maximum Gasteiger partial charge on any atom is 0.232 e. The Hall–Kier alpha value is -3.46. The number of hydrogen-bond acceptors (Lipinski definition) is 7. The largest absolute Gasteiger partial charge is 0.482 e. The van der Waals surface area contributed by atoms with Crippen molar-refractivity contribution in [2.75, 3.05) is 22.5 Å². The van der Waals surface area contributed by atoms with Crippen molar-refractivity contribution in [1.82, 2.24) is 15.0 Å². The van der Waals surface area contributed by atoms with E-state index in [1.165, 1.54) is 12.1 Å². The molecule has 31 heavy (non-hydrogen) atoms. The van der Waals surface area contributed by atoms with Crippen LogP contribution >= 0.6 is 11.6 Å². The van der Waals surface area contributed by atoms with E-state index in [0.717, 1.165) is 12.0 Å². The molecule has 8 nitrogen and oxygen atoms in total. The summed E-state index contributed by atoms with van der Waals surface area (Å²) >= 11 is 6.15. The van der Waals surface area contributed by atoms with Crippen LogP contribution < -0.4 is 20.7 Å². The molecular weight excluding hydrogens is 423 g/mol. The van der Waals surface area contributed by atoms with Crippen molar-refractivity contribution >= 4 is 40.8 Å². The van der Waals surface area contributed by atoms with Gasteiger partial charge in [0.15, 0.2) is 17.4 Å². The molecule has 0 spiro atoms. The monoisotopic (exact) mass is 442 g/mol. The van der Waals surface area contributed by atoms with E-state index in [2.05, 4.69) is 20.3 Å². The van der Waals surface area contributed by atoms with Crippen molar-refractivity contribution in [3.63, 3.8) is 0 Å². The number of aromatic nitrogens is 3. The van der Waals surface area contributed by atoms with Crippen LogP contribution in [-0.2, 0) is 11.4 Å². The Morgan fingerprint density at radius 2 is 2.06 bits per heavy atom. The van der Waals surface area contributed by atoms with E-state index in [9.17, 15) is 9.18 Å². The molecule has 160 valence electrons. The van der Waals surface area contributed by atoms with Crippen molar-refractivity contribution in [2.24, 2.45) is 0 Å². The molecule has 10 heteroatoms. The van der Waals surface area contributed by atoms with E-state index in [-0.39, 0.29) is 36.0 Å². The molecule has 1 aromatic heterocycles. The predicted molar refractivity (Wildman–Crippen MR) is 116 cm³/mol. The predicted octanol–water partition coefficient (Wildman–Crippen LogP) is 4.00. The zero-order valence-corrected chi connectivity index (χ0v) is 17.5. The zero-order chi connectivity index (χ0) is 22.0. The number of ether oxygens (including phenoxy) is 1. The van der Waals surface area contributed by atoms with Gasteiger partial charge in [-0.2, -0.15) is 15.0 Å². The number of nitrogens with zero attached hydrogens (tertiary/aromatic N) is 4. The molecular formula is C21H20ClFN6O2. The van der Waals surface area contributed by atoms with Crippen LogP contribution in [0.2, 0.25) is 5.02 Å². The van der Waals surface area contributed by atoms with E-state index in [0.29, 0.717) is 29.4 Å². The average Bonchev–Trinajstić information content (AvgIpc) is 3.16. The standard InChI is InChI=1S/C21H20ClFN6O2/c1-12-4-5-13(9-15(12)22)25-21-27-18(26-20(24)28-21)11-31-17-10-14(6-7-16(17)23)29-8-2-3-19(29)30/h4-7,9-10H,2-3,8,11H2,1H3,(H3,24,25,26,27,28). The summed E-state index contributed by atoms with van der Waals surface area (Å²) in [6, 6.07) is 9.76. The summed E-state index contributed by atoms with van der Waals surface area (Å²) in [6.45, 7) is 2.37. The van der Waals surface area contributed by atoms with Crippen molar-refractivity contribution < 1.29 is 13.9 Å². The summed E-state index contributed by atoms with van der Waals surface area (Å²) in [5, 5.41) is 3.61. The first-order chi connectivity index (χ1) is 14.9. The number of aryl methyl sites for hydroxylation is 1. The van der Waals surface area contributed by atoms with Crippen LogP contribution in [0.5, 0.6) is 5.75 Å². The molecule has 4 rings (SSSR count). The number of rotatable bonds is 6. The highest BCUT2D eigenvalue weighted by Crippen LogP contribution is 2.28. The quantitative estimate of drug-likeness (QED) is 0.594. The summed E-state index contributed by atoms with van der Waals surface area (Å²) in [6.07, 6.45) is 1.26. The minimum Gasteiger partial charge on any atom is -0.482 e. The van der Waals surface area contributed by atoms with Crippen molar-refractivity contribution in [3.05, 3.63) is 58.6 Å². The molecule has 2 heterocycles. The molecule has 3 N–H and O–H groups in total. The lowest BCUT2D eigenvalue weighted by atomic mass is 10.2. The van der Waals surface area contributed by atoms with E-state index in [1.54, 1.807) is 17.0 Å². The van der Waals surface area contributed by atoms with Gasteiger partial charge in [-0.15, -0.1) is 0 Å². The van der Waals surface area contributed by atoms with Crippen molar-refractivity contribution in [2.45, 2.75) is 26.4 Å². The van der Waals surface area contributed by atoms with Crippen molar-refractivity contribution in [3.8, 4) is 5.75 Å². The lowest BCUT2D eigenvalue weighted by Gasteiger charge is -2.17. The number of nitrogens with two attached hydrogens (primary N) is 1. The summed E-state index contributed by atoms with van der Waals surface area (Å²) < 4.78 is 19.8. The van der Waals surface area contributed by atoms with Gasteiger partial charge < -0.3 is 20.7 Å². The third kappa shape index (κ3) is 4.83. The van der Waals surface area contributed by atoms with Gasteiger partial charge in [0.05, 0.1) is 0 Å². The topological polar surface area (TPSA) is 106 Å². The molecule has 1 fully saturated rings. The minimum absolute atomic E-state index is 0.00370. The Morgan fingerprint density at radius 1 is 1.23 bits per heavy atom. The maximum absolute atomic E-state index is 14.2. The lowest BCUT2D eigenvalue weighted by Crippen LogP contribution is -2.23. The van der Waals surface area contributed by atoms with Crippen LogP contribution in [0.3, 0.4) is 0 Å². The third-order valence-electron chi connectivity index (χ3n) is 4.78. The molecule has 0 bridgehead atoms. The zero-order valence-electron chi connectivity index (χ0n) is 16.7. The molecule has 0 aliphatic carbocycles. The summed E-state index contributed by atoms with van der Waals surface area (Å²) in [4.78, 5) is 25.9. The fourth-order valence-corrected chi connectivity index (χ4v) is 3.37. The fourth-order valence-electron chi connectivity index (χ4n) is 3.19. The van der Waals surface area contributed by atoms with Crippen LogP contribution in [0.25, 0.3) is 0 Å². The fraction of sp³-hybridized carbons (Fsp3) is 0.238. The van der Waals surface area contributed by atoms with E-state index in [1.807, 2.05) is 19.1 Å². The summed E-state index contributed by atoms with van der Waals surface area (Å²) in [5.74, 6) is -0.125. The van der Waals surface area contributed by atoms with Gasteiger partial charge in [0.2, 0.25) is 17.8 Å². The Labute approximate surface area is 183 Å². The van der Waals surface area contributed by atoms with Crippen LogP contribution in [0.15, 0.2) is 36.4 Å². The molecule has 0 saturated carbocycles. The molecule has 1 saturated heterocycles. The molecule has 2 aromatic carbocycles. The maximum atomic E-state index is 14.2. The molecule has 0 unspecified atom stereocenters. The highest BCUT2D eigenvalue weighted by atomic mass is 35.5. The Kier molecular flexibility index (Phi) is 5.85. The Morgan fingerprint density at radius 3 is 2.81 bits per heavy atom. The number of anilines is 4. The van der Waals surface area contributed by atoms with E-state index in [4.69, 9.17) is 22.1 Å². The number of amides is 1. The van der Waals surface area contributed by atoms with Gasteiger partial charge in [-0.3, -0.25) is 4.79 Å². The first-order valence-corrected chi connectivity index (χ1v) is 10.0. The number of carbonyl (C=O) groups excluding carboxylic acids is 1. The smallest absolute Gasteiger partial charge is 0.232 e. The second-order valence-electron chi connectivity index (χ2n) is 7.07. The lowest BCUT2D eigenvalue weighted by molar-refractivity contribution is -0.117. The van der Waals surface area contributed by atoms with E-state index >= 15 is 0 Å². The average molecular weight is 443 g/mol. The van der Waals surface area contributed by atoms with Crippen LogP contribution in [-0.4, -0.2) is 27.4 Å². The number of carbonyl (C=O) groups is 1. The van der Waals surface area contributed by atoms with Crippen LogP contribution in [0, 0.1) is 12.7 Å². The highest BCUT2D eigenvalue weighted by molar-refractivity contribution is 6.31. The molecule has 1 aliphatic rings. The first-order valence-electron chi connectivity index (χ1n) is 9.65. The third-order valence-corrected chi connectivity index (χ3v) is 5.19. The molecule has 0 radical (unpaired) electrons. The summed E-state index contributed by atoms with van der Waals surface area (Å²) in [5.41, 5.74) is 8.00. The van der Waals surface area contributed by atoms with Crippen LogP contribution in [0.4, 0.5) is 27.7 Å². The normalized spacial score (nSPS) is 13.5. The van der Waals surface area contributed by atoms with E-state index < -0.39 is 5.82 Å². The number of nitrogens with one attached hydrogen (secondary N) is 1. The van der Waals surface area contributed by atoms with Gasteiger partial charge >= 0.3 is 0 Å². The summed E-state index contributed by atoms with van der Waals surface area (Å²) in [7, 11) is 0. The molecule has 1 aliphatic heterocycles. The highest BCUT2D eigenvalue weighted by Gasteiger charge is 2.22. The van der Waals surface area contributed by atoms with Gasteiger partial charge in [0.1, 0.15) is 6.61 Å². The number of halogens is 2. The minimum atomic E-state index is -0.551. The van der Waals surface area contributed by atoms with Gasteiger partial charge in [0, 0.05) is 35.4 Å². The number of benzene rings is 2. The molecule has 3 aromatic rings. The second kappa shape index (κ2) is 8.73. The SMILES string of the molecule is Cc1ccc(Nc2nc(N)nc(COc3cc(N4CCCC4=O)ccc3F)n2)cc1Cl. The Balaban J connectivity index is 1.49. The number of nitrogen functional groups attached to an aromatic ring is 1. The molecule has 0 atom stereocenters. The van der Waals surface area contributed by atoms with Gasteiger partial charge in [-0.1, -0.05) is 17.7 Å². The number of hydrogen-bond donors (Lipinski definition) is 2. The van der Waals surface area contributed by atoms with Crippen molar-refractivity contribution in [1.29, 1.82) is 0 Å². The Bertz CT molecular complexity index is 1140. The first kappa shape index (κ1) is 20.8.